The molecule has 0 saturated carbocycles. The molecule has 7 heteroatoms. The van der Waals surface area contributed by atoms with E-state index in [0.717, 1.165) is 22.2 Å². The number of aromatic amines is 1. The summed E-state index contributed by atoms with van der Waals surface area (Å²) in [5.41, 5.74) is 3.25. The predicted molar refractivity (Wildman–Crippen MR) is 93.9 cm³/mol. The second kappa shape index (κ2) is 7.04. The van der Waals surface area contributed by atoms with Gasteiger partial charge < -0.3 is 15.0 Å². The molecule has 0 atom stereocenters. The molecule has 7 nitrogen and oxygen atoms in total. The summed E-state index contributed by atoms with van der Waals surface area (Å²) in [5, 5.41) is 14.4. The van der Waals surface area contributed by atoms with Gasteiger partial charge in [0.15, 0.2) is 0 Å². The van der Waals surface area contributed by atoms with Crippen molar-refractivity contribution < 1.29 is 14.5 Å². The number of fused-ring (bicyclic) bond motifs is 1. The zero-order valence-corrected chi connectivity index (χ0v) is 13.6. The van der Waals surface area contributed by atoms with Crippen molar-refractivity contribution in [3.63, 3.8) is 0 Å². The van der Waals surface area contributed by atoms with Crippen LogP contribution in [0.25, 0.3) is 10.9 Å². The van der Waals surface area contributed by atoms with Crippen molar-refractivity contribution in [2.75, 3.05) is 6.54 Å². The van der Waals surface area contributed by atoms with Crippen LogP contribution in [0.3, 0.4) is 0 Å². The Hall–Kier alpha value is -3.35. The first-order valence-electron chi connectivity index (χ1n) is 7.81. The molecule has 0 unspecified atom stereocenters. The van der Waals surface area contributed by atoms with Gasteiger partial charge in [-0.3, -0.25) is 10.1 Å². The summed E-state index contributed by atoms with van der Waals surface area (Å²) in [6.07, 6.45) is 0.0805. The summed E-state index contributed by atoms with van der Waals surface area (Å²) < 4.78 is 5.11. The van der Waals surface area contributed by atoms with Gasteiger partial charge in [0.05, 0.1) is 4.92 Å². The second-order valence-corrected chi connectivity index (χ2v) is 5.59. The van der Waals surface area contributed by atoms with E-state index in [2.05, 4.69) is 10.3 Å². The third kappa shape index (κ3) is 3.77. The maximum atomic E-state index is 11.8. The third-order valence-corrected chi connectivity index (χ3v) is 3.93. The van der Waals surface area contributed by atoms with Gasteiger partial charge in [-0.1, -0.05) is 18.2 Å². The number of ether oxygens (including phenoxy) is 1. The lowest BCUT2D eigenvalue weighted by Gasteiger charge is -2.07. The van der Waals surface area contributed by atoms with Crippen LogP contribution in [-0.4, -0.2) is 22.5 Å². The molecule has 2 N–H and O–H groups in total. The zero-order valence-electron chi connectivity index (χ0n) is 13.6. The number of hydrogen-bond donors (Lipinski definition) is 2. The lowest BCUT2D eigenvalue weighted by molar-refractivity contribution is -0.384. The molecule has 0 spiro atoms. The number of rotatable bonds is 5. The minimum Gasteiger partial charge on any atom is -0.410 e. The number of aromatic nitrogens is 1. The maximum absolute atomic E-state index is 11.8. The number of H-pyrrole nitrogens is 1. The molecule has 128 valence electrons. The number of carbonyl (C=O) groups is 1. The number of non-ortho nitro benzene ring substituents is 1. The first-order valence-corrected chi connectivity index (χ1v) is 7.81. The second-order valence-electron chi connectivity index (χ2n) is 5.59. The van der Waals surface area contributed by atoms with Crippen LogP contribution in [0.5, 0.6) is 5.75 Å². The monoisotopic (exact) mass is 339 g/mol. The van der Waals surface area contributed by atoms with Gasteiger partial charge in [0.2, 0.25) is 0 Å². The highest BCUT2D eigenvalue weighted by Crippen LogP contribution is 2.22. The van der Waals surface area contributed by atoms with Crippen molar-refractivity contribution in [1.82, 2.24) is 10.3 Å². The van der Waals surface area contributed by atoms with Gasteiger partial charge in [0.1, 0.15) is 5.75 Å². The lowest BCUT2D eigenvalue weighted by atomic mass is 10.1. The van der Waals surface area contributed by atoms with E-state index in [1.54, 1.807) is 0 Å². The third-order valence-electron chi connectivity index (χ3n) is 3.93. The Kier molecular flexibility index (Phi) is 4.65. The Morgan fingerprint density at radius 2 is 1.92 bits per heavy atom. The van der Waals surface area contributed by atoms with Gasteiger partial charge in [-0.25, -0.2) is 4.79 Å². The molecule has 3 rings (SSSR count). The van der Waals surface area contributed by atoms with Gasteiger partial charge in [-0.15, -0.1) is 0 Å². The summed E-state index contributed by atoms with van der Waals surface area (Å²) in [5.74, 6) is 0.256. The van der Waals surface area contributed by atoms with E-state index in [1.807, 2.05) is 31.2 Å². The number of hydrogen-bond acceptors (Lipinski definition) is 4. The molecule has 0 aliphatic heterocycles. The predicted octanol–water partition coefficient (Wildman–Crippen LogP) is 3.72. The Morgan fingerprint density at radius 3 is 2.64 bits per heavy atom. The van der Waals surface area contributed by atoms with E-state index >= 15 is 0 Å². The Morgan fingerprint density at radius 1 is 1.20 bits per heavy atom. The lowest BCUT2D eigenvalue weighted by Crippen LogP contribution is -2.28. The standard InChI is InChI=1S/C18H17N3O4/c1-12-15(16-4-2-3-5-17(16)20-12)10-11-19-18(22)25-14-8-6-13(7-9-14)21(23)24/h2-9,20H,10-11H2,1H3,(H,19,22). The van der Waals surface area contributed by atoms with Crippen LogP contribution in [0.4, 0.5) is 10.5 Å². The van der Waals surface area contributed by atoms with E-state index in [-0.39, 0.29) is 11.4 Å². The van der Waals surface area contributed by atoms with Crippen molar-refractivity contribution in [3.05, 3.63) is 69.9 Å². The fraction of sp³-hybridized carbons (Fsp3) is 0.167. The highest BCUT2D eigenvalue weighted by molar-refractivity contribution is 5.84. The minimum absolute atomic E-state index is 0.0532. The van der Waals surface area contributed by atoms with Crippen LogP contribution < -0.4 is 10.1 Å². The molecule has 0 aliphatic carbocycles. The molecule has 3 aromatic rings. The van der Waals surface area contributed by atoms with Crippen molar-refractivity contribution >= 4 is 22.7 Å². The zero-order chi connectivity index (χ0) is 17.8. The van der Waals surface area contributed by atoms with Gasteiger partial charge >= 0.3 is 6.09 Å². The van der Waals surface area contributed by atoms with Crippen molar-refractivity contribution in [3.8, 4) is 5.75 Å². The SMILES string of the molecule is Cc1[nH]c2ccccc2c1CCNC(=O)Oc1ccc([N+](=O)[O-])cc1. The average Bonchev–Trinajstić information content (AvgIpc) is 2.91. The summed E-state index contributed by atoms with van der Waals surface area (Å²) >= 11 is 0. The summed E-state index contributed by atoms with van der Waals surface area (Å²) in [6.45, 7) is 2.43. The topological polar surface area (TPSA) is 97.3 Å². The van der Waals surface area contributed by atoms with Crippen LogP contribution >= 0.6 is 0 Å². The molecule has 0 fully saturated rings. The summed E-state index contributed by atoms with van der Waals surface area (Å²) in [4.78, 5) is 25.2. The number of nitrogens with zero attached hydrogens (tertiary/aromatic N) is 1. The van der Waals surface area contributed by atoms with E-state index in [1.165, 1.54) is 24.3 Å². The minimum atomic E-state index is -0.591. The number of amides is 1. The van der Waals surface area contributed by atoms with E-state index in [9.17, 15) is 14.9 Å². The Bertz CT molecular complexity index is 916. The van der Waals surface area contributed by atoms with Crippen molar-refractivity contribution in [2.45, 2.75) is 13.3 Å². The van der Waals surface area contributed by atoms with Crippen LogP contribution in [0.2, 0.25) is 0 Å². The van der Waals surface area contributed by atoms with E-state index < -0.39 is 11.0 Å². The smallest absolute Gasteiger partial charge is 0.410 e. The number of nitro benzene ring substituents is 1. The molecular formula is C18H17N3O4. The molecule has 25 heavy (non-hydrogen) atoms. The molecule has 1 heterocycles. The average molecular weight is 339 g/mol. The quantitative estimate of drug-likeness (QED) is 0.547. The van der Waals surface area contributed by atoms with Crippen LogP contribution in [-0.2, 0) is 6.42 Å². The van der Waals surface area contributed by atoms with Crippen LogP contribution in [0, 0.1) is 17.0 Å². The van der Waals surface area contributed by atoms with E-state index in [4.69, 9.17) is 4.74 Å². The van der Waals surface area contributed by atoms with Gasteiger partial charge in [0, 0.05) is 35.3 Å². The molecule has 2 aromatic carbocycles. The first kappa shape index (κ1) is 16.5. The number of aryl methyl sites for hydroxylation is 1. The number of para-hydroxylation sites is 1. The first-order chi connectivity index (χ1) is 12.0. The fourth-order valence-electron chi connectivity index (χ4n) is 2.73. The summed E-state index contributed by atoms with van der Waals surface area (Å²) in [6, 6.07) is 13.4. The summed E-state index contributed by atoms with van der Waals surface area (Å²) in [7, 11) is 0. The largest absolute Gasteiger partial charge is 0.412 e. The molecule has 0 saturated heterocycles. The Labute approximate surface area is 143 Å². The normalized spacial score (nSPS) is 10.6. The van der Waals surface area contributed by atoms with Crippen molar-refractivity contribution in [1.29, 1.82) is 0 Å². The molecular weight excluding hydrogens is 322 g/mol. The molecule has 0 bridgehead atoms. The molecule has 1 amide bonds. The van der Waals surface area contributed by atoms with Gasteiger partial charge in [-0.05, 0) is 37.1 Å². The number of benzene rings is 2. The van der Waals surface area contributed by atoms with E-state index in [0.29, 0.717) is 13.0 Å². The highest BCUT2D eigenvalue weighted by Gasteiger charge is 2.10. The number of carbonyl (C=O) groups excluding carboxylic acids is 1. The molecule has 0 radical (unpaired) electrons. The highest BCUT2D eigenvalue weighted by atomic mass is 16.6. The van der Waals surface area contributed by atoms with Gasteiger partial charge in [0.25, 0.3) is 5.69 Å². The van der Waals surface area contributed by atoms with Crippen LogP contribution in [0.1, 0.15) is 11.3 Å². The molecule has 1 aromatic heterocycles. The molecule has 0 aliphatic rings. The fourth-order valence-corrected chi connectivity index (χ4v) is 2.73. The number of nitrogens with one attached hydrogen (secondary N) is 2. The van der Waals surface area contributed by atoms with Gasteiger partial charge in [-0.2, -0.15) is 0 Å². The van der Waals surface area contributed by atoms with Crippen molar-refractivity contribution in [2.24, 2.45) is 0 Å². The number of nitro groups is 1. The van der Waals surface area contributed by atoms with Crippen LogP contribution in [0.15, 0.2) is 48.5 Å². The maximum Gasteiger partial charge on any atom is 0.412 e. The Balaban J connectivity index is 1.55.